The Morgan fingerprint density at radius 2 is 2.05 bits per heavy atom. The first-order valence-corrected chi connectivity index (χ1v) is 6.34. The molecule has 7 heteroatoms. The molecule has 3 N–H and O–H groups in total. The van der Waals surface area contributed by atoms with E-state index in [0.717, 1.165) is 0 Å². The smallest absolute Gasteiger partial charge is 0.305 e. The highest BCUT2D eigenvalue weighted by Gasteiger charge is 2.32. The van der Waals surface area contributed by atoms with Crippen molar-refractivity contribution in [1.29, 1.82) is 0 Å². The Morgan fingerprint density at radius 3 is 2.58 bits per heavy atom. The normalized spacial score (nSPS) is 27.3. The fourth-order valence-corrected chi connectivity index (χ4v) is 2.18. The lowest BCUT2D eigenvalue weighted by Gasteiger charge is -2.35. The van der Waals surface area contributed by atoms with E-state index in [0.29, 0.717) is 12.8 Å². The van der Waals surface area contributed by atoms with Crippen molar-refractivity contribution in [3.63, 3.8) is 0 Å². The van der Waals surface area contributed by atoms with E-state index in [1.54, 1.807) is 19.0 Å². The van der Waals surface area contributed by atoms with Crippen molar-refractivity contribution < 1.29 is 24.5 Å². The Morgan fingerprint density at radius 1 is 1.37 bits per heavy atom. The van der Waals surface area contributed by atoms with Crippen molar-refractivity contribution >= 4 is 11.9 Å². The predicted octanol–water partition coefficient (Wildman–Crippen LogP) is -0.953. The van der Waals surface area contributed by atoms with Crippen LogP contribution in [-0.2, 0) is 14.3 Å². The van der Waals surface area contributed by atoms with Crippen LogP contribution >= 0.6 is 0 Å². The van der Waals surface area contributed by atoms with Crippen molar-refractivity contribution in [2.75, 3.05) is 27.2 Å². The second-order valence-electron chi connectivity index (χ2n) is 5.07. The summed E-state index contributed by atoms with van der Waals surface area (Å²) < 4.78 is 5.51. The molecule has 0 bridgehead atoms. The number of carbonyl (C=O) groups excluding carboxylic acids is 1. The molecule has 1 aliphatic rings. The number of hydrogen-bond acceptors (Lipinski definition) is 5. The van der Waals surface area contributed by atoms with Crippen LogP contribution in [0.4, 0.5) is 0 Å². The minimum Gasteiger partial charge on any atom is -0.481 e. The van der Waals surface area contributed by atoms with Crippen LogP contribution in [0.15, 0.2) is 0 Å². The second-order valence-corrected chi connectivity index (χ2v) is 5.07. The summed E-state index contributed by atoms with van der Waals surface area (Å²) in [6.45, 7) is 0.0379. The fourth-order valence-electron chi connectivity index (χ4n) is 2.18. The van der Waals surface area contributed by atoms with E-state index >= 15 is 0 Å². The Hall–Kier alpha value is -1.18. The molecule has 19 heavy (non-hydrogen) atoms. The van der Waals surface area contributed by atoms with Crippen molar-refractivity contribution in [2.45, 2.75) is 37.5 Å². The number of ether oxygens (including phenoxy) is 1. The van der Waals surface area contributed by atoms with Crippen molar-refractivity contribution in [3.05, 3.63) is 0 Å². The highest BCUT2D eigenvalue weighted by atomic mass is 16.5. The van der Waals surface area contributed by atoms with Crippen LogP contribution in [0.2, 0.25) is 0 Å². The van der Waals surface area contributed by atoms with Gasteiger partial charge in [-0.1, -0.05) is 0 Å². The van der Waals surface area contributed by atoms with Crippen molar-refractivity contribution in [2.24, 2.45) is 0 Å². The van der Waals surface area contributed by atoms with E-state index < -0.39 is 18.2 Å². The Labute approximate surface area is 112 Å². The van der Waals surface area contributed by atoms with E-state index in [1.165, 1.54) is 0 Å². The van der Waals surface area contributed by atoms with Gasteiger partial charge in [-0.2, -0.15) is 0 Å². The summed E-state index contributed by atoms with van der Waals surface area (Å²) in [5.41, 5.74) is 0. The largest absolute Gasteiger partial charge is 0.481 e. The van der Waals surface area contributed by atoms with Crippen molar-refractivity contribution in [3.8, 4) is 0 Å². The van der Waals surface area contributed by atoms with E-state index in [1.807, 2.05) is 0 Å². The molecular formula is C12H22N2O5. The van der Waals surface area contributed by atoms with Gasteiger partial charge in [0.2, 0.25) is 5.91 Å². The average Bonchev–Trinajstić information content (AvgIpc) is 2.29. The number of nitrogens with one attached hydrogen (secondary N) is 1. The molecule has 0 aromatic heterocycles. The highest BCUT2D eigenvalue weighted by molar-refractivity contribution is 5.78. The Kier molecular flexibility index (Phi) is 6.20. The lowest BCUT2D eigenvalue weighted by atomic mass is 9.97. The Balaban J connectivity index is 2.47. The molecule has 1 saturated heterocycles. The van der Waals surface area contributed by atoms with Gasteiger partial charge in [0.1, 0.15) is 6.10 Å². The van der Waals surface area contributed by atoms with Crippen LogP contribution in [0, 0.1) is 0 Å². The van der Waals surface area contributed by atoms with Crippen LogP contribution in [0.5, 0.6) is 0 Å². The minimum absolute atomic E-state index is 0.0745. The lowest BCUT2D eigenvalue weighted by molar-refractivity contribution is -0.147. The molecule has 0 radical (unpaired) electrons. The molecule has 0 aliphatic carbocycles. The first kappa shape index (κ1) is 15.9. The highest BCUT2D eigenvalue weighted by Crippen LogP contribution is 2.21. The molecule has 3 atom stereocenters. The molecule has 1 heterocycles. The quantitative estimate of drug-likeness (QED) is 0.577. The number of likely N-dealkylation sites (N-methyl/N-ethyl adjacent to an activating group) is 1. The zero-order chi connectivity index (χ0) is 14.4. The molecule has 0 spiro atoms. The van der Waals surface area contributed by atoms with Gasteiger partial charge in [-0.25, -0.2) is 0 Å². The van der Waals surface area contributed by atoms with Gasteiger partial charge in [-0.15, -0.1) is 0 Å². The summed E-state index contributed by atoms with van der Waals surface area (Å²) in [4.78, 5) is 24.0. The topological polar surface area (TPSA) is 99.1 Å². The van der Waals surface area contributed by atoms with Gasteiger partial charge in [0, 0.05) is 0 Å². The van der Waals surface area contributed by atoms with E-state index in [2.05, 4.69) is 5.32 Å². The lowest BCUT2D eigenvalue weighted by Crippen LogP contribution is -2.52. The molecule has 0 unspecified atom stereocenters. The van der Waals surface area contributed by atoms with Gasteiger partial charge in [0.05, 0.1) is 31.7 Å². The number of carbonyl (C=O) groups is 2. The molecule has 0 saturated carbocycles. The molecule has 1 aliphatic heterocycles. The van der Waals surface area contributed by atoms with Crippen LogP contribution in [0.1, 0.15) is 19.3 Å². The zero-order valence-corrected chi connectivity index (χ0v) is 11.3. The second kappa shape index (κ2) is 7.42. The third-order valence-corrected chi connectivity index (χ3v) is 3.00. The minimum atomic E-state index is -0.920. The summed E-state index contributed by atoms with van der Waals surface area (Å²) in [5.74, 6) is -1.05. The number of hydrogen-bond donors (Lipinski definition) is 3. The van der Waals surface area contributed by atoms with Crippen LogP contribution in [0.25, 0.3) is 0 Å². The zero-order valence-electron chi connectivity index (χ0n) is 11.3. The number of aliphatic hydroxyl groups is 1. The van der Waals surface area contributed by atoms with Crippen molar-refractivity contribution in [1.82, 2.24) is 10.2 Å². The first-order valence-electron chi connectivity index (χ1n) is 6.34. The summed E-state index contributed by atoms with van der Waals surface area (Å²) >= 11 is 0. The van der Waals surface area contributed by atoms with Crippen LogP contribution in [-0.4, -0.2) is 72.5 Å². The van der Waals surface area contributed by atoms with E-state index in [4.69, 9.17) is 9.84 Å². The first-order chi connectivity index (χ1) is 8.92. The summed E-state index contributed by atoms with van der Waals surface area (Å²) in [7, 11) is 3.59. The van der Waals surface area contributed by atoms with Gasteiger partial charge >= 0.3 is 5.97 Å². The molecule has 1 rings (SSSR count). The number of rotatable bonds is 6. The van der Waals surface area contributed by atoms with Gasteiger partial charge in [-0.05, 0) is 26.9 Å². The van der Waals surface area contributed by atoms with Crippen LogP contribution < -0.4 is 5.32 Å². The number of aliphatic hydroxyl groups excluding tert-OH is 1. The van der Waals surface area contributed by atoms with Gasteiger partial charge in [0.25, 0.3) is 0 Å². The number of aliphatic carboxylic acids is 1. The fraction of sp³-hybridized carbons (Fsp3) is 0.833. The molecule has 1 fully saturated rings. The average molecular weight is 274 g/mol. The van der Waals surface area contributed by atoms with Gasteiger partial charge in [0.15, 0.2) is 0 Å². The molecule has 0 aromatic carbocycles. The number of nitrogens with zero attached hydrogens (tertiary/aromatic N) is 1. The van der Waals surface area contributed by atoms with E-state index in [9.17, 15) is 14.7 Å². The maximum Gasteiger partial charge on any atom is 0.305 e. The van der Waals surface area contributed by atoms with Gasteiger partial charge in [-0.3, -0.25) is 9.59 Å². The monoisotopic (exact) mass is 274 g/mol. The predicted molar refractivity (Wildman–Crippen MR) is 67.7 cm³/mol. The maximum absolute atomic E-state index is 11.7. The van der Waals surface area contributed by atoms with Gasteiger partial charge < -0.3 is 25.2 Å². The Bertz CT molecular complexity index is 321. The third kappa shape index (κ3) is 5.54. The maximum atomic E-state index is 11.7. The summed E-state index contributed by atoms with van der Waals surface area (Å²) in [5, 5.41) is 20.8. The molecule has 1 amide bonds. The molecule has 7 nitrogen and oxygen atoms in total. The molecule has 110 valence electrons. The van der Waals surface area contributed by atoms with E-state index in [-0.39, 0.29) is 31.5 Å². The standard InChI is InChI=1S/C12H22N2O5/c1-14(2)6-11(16)13-9-4-3-8(5-12(17)18)19-10(9)7-15/h8-10,15H,3-7H2,1-2H3,(H,13,16)(H,17,18)/t8-,9-,10-/m0/s1. The summed E-state index contributed by atoms with van der Waals surface area (Å²) in [6, 6.07) is -0.262. The molecule has 0 aromatic rings. The summed E-state index contributed by atoms with van der Waals surface area (Å²) in [6.07, 6.45) is 0.174. The SMILES string of the molecule is CN(C)CC(=O)N[C@H]1CC[C@@H](CC(=O)O)O[C@H]1CO. The van der Waals surface area contributed by atoms with Crippen LogP contribution in [0.3, 0.4) is 0 Å². The number of carboxylic acid groups (broad SMARTS) is 1. The molecular weight excluding hydrogens is 252 g/mol. The third-order valence-electron chi connectivity index (χ3n) is 3.00. The number of carboxylic acids is 1. The number of amides is 1.